The highest BCUT2D eigenvalue weighted by molar-refractivity contribution is 8.26. The zero-order valence-electron chi connectivity index (χ0n) is 15.9. The smallest absolute Gasteiger partial charge is 0.295 e. The molecule has 1 aliphatic heterocycles. The van der Waals surface area contributed by atoms with Gasteiger partial charge in [-0.25, -0.2) is 4.79 Å². The normalized spacial score (nSPS) is 15.4. The van der Waals surface area contributed by atoms with Gasteiger partial charge >= 0.3 is 5.69 Å². The van der Waals surface area contributed by atoms with Gasteiger partial charge in [0.25, 0.3) is 11.8 Å². The predicted octanol–water partition coefficient (Wildman–Crippen LogP) is 3.08. The fourth-order valence-corrected chi connectivity index (χ4v) is 4.40. The SMILES string of the molecule is Cn1c(=O)n(C)c2cc(/C=C3/SC(=S)N(NC(=O)c4ccc(Cl)cc4)C3=O)ccc21. The minimum atomic E-state index is -0.468. The van der Waals surface area contributed by atoms with Crippen LogP contribution in [0, 0.1) is 0 Å². The van der Waals surface area contributed by atoms with Gasteiger partial charge < -0.3 is 0 Å². The van der Waals surface area contributed by atoms with Gasteiger partial charge in [0, 0.05) is 24.7 Å². The second-order valence-electron chi connectivity index (χ2n) is 6.61. The van der Waals surface area contributed by atoms with Crippen molar-refractivity contribution in [2.75, 3.05) is 0 Å². The summed E-state index contributed by atoms with van der Waals surface area (Å²) in [5, 5.41) is 1.56. The molecule has 152 valence electrons. The second kappa shape index (κ2) is 7.75. The molecule has 1 aliphatic rings. The molecule has 1 aromatic heterocycles. The third-order valence-corrected chi connectivity index (χ3v) is 6.26. The number of thioether (sulfide) groups is 1. The number of aryl methyl sites for hydroxylation is 2. The Balaban J connectivity index is 1.59. The maximum atomic E-state index is 12.8. The number of imidazole rings is 1. The molecule has 2 aromatic carbocycles. The van der Waals surface area contributed by atoms with Gasteiger partial charge in [-0.3, -0.25) is 24.1 Å². The van der Waals surface area contributed by atoms with E-state index in [1.54, 1.807) is 53.6 Å². The van der Waals surface area contributed by atoms with Crippen LogP contribution < -0.4 is 11.1 Å². The number of carbonyl (C=O) groups excluding carboxylic acids is 2. The summed E-state index contributed by atoms with van der Waals surface area (Å²) >= 11 is 12.2. The van der Waals surface area contributed by atoms with Gasteiger partial charge in [0.15, 0.2) is 4.32 Å². The van der Waals surface area contributed by atoms with Gasteiger partial charge in [-0.2, -0.15) is 5.01 Å². The molecule has 1 fully saturated rings. The van der Waals surface area contributed by atoms with E-state index in [0.717, 1.165) is 33.4 Å². The number of halogens is 1. The summed E-state index contributed by atoms with van der Waals surface area (Å²) < 4.78 is 3.33. The van der Waals surface area contributed by atoms with E-state index in [1.165, 1.54) is 0 Å². The summed E-state index contributed by atoms with van der Waals surface area (Å²) in [6.07, 6.45) is 1.69. The van der Waals surface area contributed by atoms with Gasteiger partial charge in [0.2, 0.25) is 0 Å². The maximum Gasteiger partial charge on any atom is 0.328 e. The molecule has 0 radical (unpaired) electrons. The molecule has 0 unspecified atom stereocenters. The van der Waals surface area contributed by atoms with Crippen LogP contribution in [0.15, 0.2) is 52.2 Å². The zero-order chi connectivity index (χ0) is 21.6. The van der Waals surface area contributed by atoms with Crippen molar-refractivity contribution >= 4 is 68.8 Å². The van der Waals surface area contributed by atoms with Gasteiger partial charge in [-0.15, -0.1) is 0 Å². The standard InChI is InChI=1S/C20H15ClN4O3S2/c1-23-14-8-3-11(9-15(14)24(2)19(23)28)10-16-18(27)25(20(29)30-16)22-17(26)12-4-6-13(21)7-5-12/h3-10H,1-2H3,(H,22,26)/b16-10+. The highest BCUT2D eigenvalue weighted by atomic mass is 35.5. The van der Waals surface area contributed by atoms with E-state index < -0.39 is 11.8 Å². The first kappa shape index (κ1) is 20.4. The van der Waals surface area contributed by atoms with E-state index in [9.17, 15) is 14.4 Å². The minimum absolute atomic E-state index is 0.126. The molecule has 0 saturated carbocycles. The number of benzene rings is 2. The van der Waals surface area contributed by atoms with E-state index >= 15 is 0 Å². The van der Waals surface area contributed by atoms with Crippen LogP contribution in [0.4, 0.5) is 0 Å². The molecule has 2 amide bonds. The number of hydrogen-bond donors (Lipinski definition) is 1. The molecule has 0 spiro atoms. The number of amides is 2. The van der Waals surface area contributed by atoms with Gasteiger partial charge in [-0.05, 0) is 60.3 Å². The molecule has 0 bridgehead atoms. The van der Waals surface area contributed by atoms with Crippen molar-refractivity contribution in [1.29, 1.82) is 0 Å². The molecule has 4 rings (SSSR count). The largest absolute Gasteiger partial charge is 0.328 e. The van der Waals surface area contributed by atoms with Crippen LogP contribution in [-0.2, 0) is 18.9 Å². The Morgan fingerprint density at radius 3 is 2.43 bits per heavy atom. The third kappa shape index (κ3) is 3.55. The Morgan fingerprint density at radius 2 is 1.73 bits per heavy atom. The molecule has 2 heterocycles. The van der Waals surface area contributed by atoms with Crippen molar-refractivity contribution in [2.24, 2.45) is 14.1 Å². The Bertz CT molecular complexity index is 1310. The maximum absolute atomic E-state index is 12.8. The van der Waals surface area contributed by atoms with Crippen LogP contribution in [-0.4, -0.2) is 30.3 Å². The number of thiocarbonyl (C=S) groups is 1. The summed E-state index contributed by atoms with van der Waals surface area (Å²) in [4.78, 5) is 37.7. The Kier molecular flexibility index (Phi) is 5.27. The highest BCUT2D eigenvalue weighted by Crippen LogP contribution is 2.32. The van der Waals surface area contributed by atoms with Crippen molar-refractivity contribution in [3.05, 3.63) is 74.0 Å². The van der Waals surface area contributed by atoms with Crippen molar-refractivity contribution in [3.8, 4) is 0 Å². The molecular weight excluding hydrogens is 444 g/mol. The van der Waals surface area contributed by atoms with E-state index in [4.69, 9.17) is 23.8 Å². The quantitative estimate of drug-likeness (QED) is 0.482. The molecule has 10 heteroatoms. The third-order valence-electron chi connectivity index (χ3n) is 4.71. The van der Waals surface area contributed by atoms with Gasteiger partial charge in [-0.1, -0.05) is 29.4 Å². The molecule has 1 saturated heterocycles. The lowest BCUT2D eigenvalue weighted by Gasteiger charge is -2.15. The van der Waals surface area contributed by atoms with Crippen LogP contribution in [0.25, 0.3) is 17.1 Å². The second-order valence-corrected chi connectivity index (χ2v) is 8.73. The lowest BCUT2D eigenvalue weighted by Crippen LogP contribution is -2.44. The number of hydrazine groups is 1. The molecular formula is C20H15ClN4O3S2. The fraction of sp³-hybridized carbons (Fsp3) is 0.100. The average molecular weight is 459 g/mol. The van der Waals surface area contributed by atoms with Crippen molar-refractivity contribution in [3.63, 3.8) is 0 Å². The lowest BCUT2D eigenvalue weighted by atomic mass is 10.2. The van der Waals surface area contributed by atoms with Crippen LogP contribution >= 0.6 is 35.6 Å². The van der Waals surface area contributed by atoms with Crippen molar-refractivity contribution in [1.82, 2.24) is 19.6 Å². The first-order chi connectivity index (χ1) is 14.3. The van der Waals surface area contributed by atoms with Crippen LogP contribution in [0.1, 0.15) is 15.9 Å². The Labute approximate surface area is 185 Å². The predicted molar refractivity (Wildman–Crippen MR) is 122 cm³/mol. The van der Waals surface area contributed by atoms with Gasteiger partial charge in [0.05, 0.1) is 15.9 Å². The van der Waals surface area contributed by atoms with Crippen LogP contribution in [0.5, 0.6) is 0 Å². The average Bonchev–Trinajstić information content (AvgIpc) is 3.11. The summed E-state index contributed by atoms with van der Waals surface area (Å²) in [6, 6.07) is 11.8. The van der Waals surface area contributed by atoms with Crippen LogP contribution in [0.2, 0.25) is 5.02 Å². The summed E-state index contributed by atoms with van der Waals surface area (Å²) in [7, 11) is 3.40. The number of nitrogens with zero attached hydrogens (tertiary/aromatic N) is 3. The monoisotopic (exact) mass is 458 g/mol. The summed E-state index contributed by atoms with van der Waals surface area (Å²) in [6.45, 7) is 0. The van der Waals surface area contributed by atoms with E-state index in [1.807, 2.05) is 18.2 Å². The van der Waals surface area contributed by atoms with Gasteiger partial charge in [0.1, 0.15) is 0 Å². The molecule has 30 heavy (non-hydrogen) atoms. The number of carbonyl (C=O) groups is 2. The highest BCUT2D eigenvalue weighted by Gasteiger charge is 2.33. The molecule has 0 aliphatic carbocycles. The Morgan fingerprint density at radius 1 is 1.07 bits per heavy atom. The van der Waals surface area contributed by atoms with E-state index in [2.05, 4.69) is 5.43 Å². The molecule has 3 aromatic rings. The summed E-state index contributed by atoms with van der Waals surface area (Å²) in [5.41, 5.74) is 5.05. The fourth-order valence-electron chi connectivity index (χ4n) is 3.10. The minimum Gasteiger partial charge on any atom is -0.295 e. The number of fused-ring (bicyclic) bond motifs is 1. The summed E-state index contributed by atoms with van der Waals surface area (Å²) in [5.74, 6) is -0.890. The Hall–Kier alpha value is -2.88. The van der Waals surface area contributed by atoms with E-state index in [-0.39, 0.29) is 10.0 Å². The number of aromatic nitrogens is 2. The van der Waals surface area contributed by atoms with Crippen molar-refractivity contribution < 1.29 is 9.59 Å². The number of nitrogens with one attached hydrogen (secondary N) is 1. The number of rotatable bonds is 3. The first-order valence-corrected chi connectivity index (χ1v) is 10.4. The van der Waals surface area contributed by atoms with Crippen LogP contribution in [0.3, 0.4) is 0 Å². The molecule has 1 N–H and O–H groups in total. The lowest BCUT2D eigenvalue weighted by molar-refractivity contribution is -0.123. The zero-order valence-corrected chi connectivity index (χ0v) is 18.3. The topological polar surface area (TPSA) is 76.3 Å². The van der Waals surface area contributed by atoms with Crippen molar-refractivity contribution in [2.45, 2.75) is 0 Å². The van der Waals surface area contributed by atoms with E-state index in [0.29, 0.717) is 15.5 Å². The number of hydrogen-bond acceptors (Lipinski definition) is 5. The molecule has 0 atom stereocenters. The molecule has 7 nitrogen and oxygen atoms in total. The first-order valence-electron chi connectivity index (χ1n) is 8.76.